The van der Waals surface area contributed by atoms with Gasteiger partial charge in [0, 0.05) is 24.7 Å². The Hall–Kier alpha value is -0.850. The molecule has 10 heteroatoms. The first-order chi connectivity index (χ1) is 21.7. The van der Waals surface area contributed by atoms with Gasteiger partial charge in [-0.15, -0.1) is 0 Å². The average molecular weight is 665 g/mol. The Labute approximate surface area is 279 Å². The number of carbonyl (C=O) groups is 1. The monoisotopic (exact) mass is 664 g/mol. The second-order valence-corrected chi connectivity index (χ2v) is 18.7. The molecule has 0 aromatic carbocycles. The predicted molar refractivity (Wildman–Crippen MR) is 170 cm³/mol. The molecule has 7 fully saturated rings. The Morgan fingerprint density at radius 2 is 1.60 bits per heavy atom. The maximum atomic E-state index is 12.6. The molecule has 5 aliphatic carbocycles. The molecule has 10 nitrogen and oxygen atoms in total. The van der Waals surface area contributed by atoms with Gasteiger partial charge in [0.2, 0.25) is 0 Å². The first kappa shape index (κ1) is 34.6. The number of fused-ring (bicyclic) bond motifs is 4. The highest BCUT2D eigenvalue weighted by atomic mass is 16.7. The fourth-order valence-corrected chi connectivity index (χ4v) is 13.8. The number of aliphatic hydroxyl groups excluding tert-OH is 3. The molecule has 0 amide bonds. The van der Waals surface area contributed by atoms with Crippen molar-refractivity contribution < 1.29 is 49.3 Å². The third-order valence-electron chi connectivity index (χ3n) is 15.8. The molecule has 268 valence electrons. The van der Waals surface area contributed by atoms with Gasteiger partial charge in [0.15, 0.2) is 18.2 Å². The zero-order valence-electron chi connectivity index (χ0n) is 29.7. The summed E-state index contributed by atoms with van der Waals surface area (Å²) in [5, 5.41) is 56.3. The summed E-state index contributed by atoms with van der Waals surface area (Å²) in [4.78, 5) is 12.1. The van der Waals surface area contributed by atoms with Crippen molar-refractivity contribution in [1.82, 2.24) is 0 Å². The van der Waals surface area contributed by atoms with Crippen LogP contribution in [0.1, 0.15) is 113 Å². The number of rotatable bonds is 5. The van der Waals surface area contributed by atoms with E-state index in [9.17, 15) is 30.3 Å². The lowest BCUT2D eigenvalue weighted by atomic mass is 9.41. The molecule has 0 bridgehead atoms. The number of aliphatic hydroxyl groups is 5. The maximum absolute atomic E-state index is 12.6. The normalized spacial score (nSPS) is 55.4. The summed E-state index contributed by atoms with van der Waals surface area (Å²) in [7, 11) is 0. The van der Waals surface area contributed by atoms with Crippen molar-refractivity contribution in [3.63, 3.8) is 0 Å². The van der Waals surface area contributed by atoms with E-state index in [4.69, 9.17) is 18.9 Å². The van der Waals surface area contributed by atoms with E-state index in [0.29, 0.717) is 12.3 Å². The highest BCUT2D eigenvalue weighted by molar-refractivity contribution is 5.66. The van der Waals surface area contributed by atoms with Gasteiger partial charge in [-0.1, -0.05) is 34.6 Å². The van der Waals surface area contributed by atoms with Gasteiger partial charge in [-0.25, -0.2) is 0 Å². The van der Waals surface area contributed by atoms with E-state index in [1.807, 2.05) is 0 Å². The summed E-state index contributed by atoms with van der Waals surface area (Å²) in [6.45, 7) is 15.8. The molecule has 7 aliphatic rings. The van der Waals surface area contributed by atoms with Crippen LogP contribution >= 0.6 is 0 Å². The molecule has 0 radical (unpaired) electrons. The van der Waals surface area contributed by atoms with Gasteiger partial charge in [0.1, 0.15) is 18.3 Å². The molecule has 4 unspecified atom stereocenters. The minimum atomic E-state index is -1.83. The Bertz CT molecular complexity index is 1270. The quantitative estimate of drug-likeness (QED) is 0.217. The average Bonchev–Trinajstić information content (AvgIpc) is 3.60. The van der Waals surface area contributed by atoms with E-state index in [-0.39, 0.29) is 58.5 Å². The lowest BCUT2D eigenvalue weighted by Gasteiger charge is -2.63. The molecule has 2 spiro atoms. The molecule has 2 aliphatic heterocycles. The summed E-state index contributed by atoms with van der Waals surface area (Å²) in [5.74, 6) is -2.03. The van der Waals surface area contributed by atoms with Crippen LogP contribution in [0.25, 0.3) is 0 Å². The molecule has 2 heterocycles. The summed E-state index contributed by atoms with van der Waals surface area (Å²) in [5.41, 5.74) is -2.26. The first-order valence-electron chi connectivity index (χ1n) is 18.3. The molecule has 2 saturated heterocycles. The van der Waals surface area contributed by atoms with Crippen LogP contribution in [-0.2, 0) is 23.7 Å². The van der Waals surface area contributed by atoms with Crippen LogP contribution in [0.4, 0.5) is 0 Å². The predicted octanol–water partition coefficient (Wildman–Crippen LogP) is 3.68. The lowest BCUT2D eigenvalue weighted by molar-refractivity contribution is -0.342. The van der Waals surface area contributed by atoms with Crippen molar-refractivity contribution in [3.8, 4) is 0 Å². The fraction of sp³-hybridized carbons (Fsp3) is 0.973. The molecule has 7 rings (SSSR count). The minimum Gasteiger partial charge on any atom is -0.457 e. The Morgan fingerprint density at radius 3 is 2.23 bits per heavy atom. The standard InChI is InChI=1S/C37H60O10/c1-19-15-23(29(32(5,6)42)45-20(2)38)47-37(43)28(19)33(7)13-14-36-18-35(36)12-11-26(46-27-16-21(39)22(40)17-44-27)31(3,4)24(35)9-10-25(36)34(33,8)30(37)41/h19,21-30,39-43H,9-18H2,1-8H3/t19-,21-,22?,23?,24+,25?,26+,27+,28-,29+,30-,33-,34-,35?,36+,37-/m1/s1. The van der Waals surface area contributed by atoms with E-state index in [1.165, 1.54) is 6.92 Å². The topological polar surface area (TPSA) is 155 Å². The second kappa shape index (κ2) is 10.6. The molecule has 5 saturated carbocycles. The minimum absolute atomic E-state index is 0.0167. The smallest absolute Gasteiger partial charge is 0.303 e. The number of hydrogen-bond donors (Lipinski definition) is 5. The largest absolute Gasteiger partial charge is 0.457 e. The van der Waals surface area contributed by atoms with Gasteiger partial charge >= 0.3 is 5.97 Å². The second-order valence-electron chi connectivity index (χ2n) is 18.7. The van der Waals surface area contributed by atoms with Crippen LogP contribution < -0.4 is 0 Å². The van der Waals surface area contributed by atoms with Crippen LogP contribution in [-0.4, -0.2) is 92.4 Å². The van der Waals surface area contributed by atoms with E-state index in [0.717, 1.165) is 44.9 Å². The Balaban J connectivity index is 1.17. The van der Waals surface area contributed by atoms with E-state index in [2.05, 4.69) is 34.6 Å². The molecule has 16 atom stereocenters. The third kappa shape index (κ3) is 4.47. The van der Waals surface area contributed by atoms with Gasteiger partial charge in [-0.3, -0.25) is 4.79 Å². The maximum Gasteiger partial charge on any atom is 0.303 e. The van der Waals surface area contributed by atoms with Crippen molar-refractivity contribution >= 4 is 5.97 Å². The zero-order valence-corrected chi connectivity index (χ0v) is 29.7. The Kier molecular flexibility index (Phi) is 7.80. The zero-order chi connectivity index (χ0) is 34.3. The SMILES string of the molecule is CC(=O)O[C@@H](C1C[C@@H](C)[C@H]2[C@@](O)(O1)[C@H](O)[C@@]1(C)C3CC[C@H]4C(C)(C)[C@@H](O[C@H]5C[C@@H](O)C(O)CO5)CCC45C[C@@]35CC[C@]21C)C(C)(C)O. The highest BCUT2D eigenvalue weighted by Crippen LogP contribution is 2.89. The first-order valence-corrected chi connectivity index (χ1v) is 18.3. The van der Waals surface area contributed by atoms with Crippen molar-refractivity contribution in [2.75, 3.05) is 6.61 Å². The molecule has 0 aromatic heterocycles. The summed E-state index contributed by atoms with van der Waals surface area (Å²) in [6.07, 6.45) is 2.64. The van der Waals surface area contributed by atoms with Crippen molar-refractivity contribution in [1.29, 1.82) is 0 Å². The van der Waals surface area contributed by atoms with Gasteiger partial charge in [0.25, 0.3) is 0 Å². The van der Waals surface area contributed by atoms with Gasteiger partial charge < -0.3 is 44.5 Å². The van der Waals surface area contributed by atoms with Crippen LogP contribution in [0.3, 0.4) is 0 Å². The summed E-state index contributed by atoms with van der Waals surface area (Å²) >= 11 is 0. The third-order valence-corrected chi connectivity index (χ3v) is 15.8. The lowest BCUT2D eigenvalue weighted by Crippen LogP contribution is -2.61. The van der Waals surface area contributed by atoms with E-state index >= 15 is 0 Å². The van der Waals surface area contributed by atoms with Gasteiger partial charge in [-0.05, 0) is 105 Å². The van der Waals surface area contributed by atoms with E-state index < -0.39 is 59.6 Å². The van der Waals surface area contributed by atoms with Crippen molar-refractivity contribution in [2.45, 2.75) is 167 Å². The van der Waals surface area contributed by atoms with Crippen molar-refractivity contribution in [3.05, 3.63) is 0 Å². The molecule has 0 aromatic rings. The molecule has 47 heavy (non-hydrogen) atoms. The van der Waals surface area contributed by atoms with Crippen LogP contribution in [0.2, 0.25) is 0 Å². The summed E-state index contributed by atoms with van der Waals surface area (Å²) < 4.78 is 24.5. The molecular formula is C37H60O10. The number of esters is 1. The fourth-order valence-electron chi connectivity index (χ4n) is 13.8. The van der Waals surface area contributed by atoms with Gasteiger partial charge in [-0.2, -0.15) is 0 Å². The van der Waals surface area contributed by atoms with Crippen LogP contribution in [0, 0.1) is 50.7 Å². The highest BCUT2D eigenvalue weighted by Gasteiger charge is 2.86. The number of ether oxygens (including phenoxy) is 4. The molecule has 5 N–H and O–H groups in total. The van der Waals surface area contributed by atoms with Gasteiger partial charge in [0.05, 0.1) is 24.4 Å². The van der Waals surface area contributed by atoms with Crippen molar-refractivity contribution in [2.24, 2.45) is 50.7 Å². The van der Waals surface area contributed by atoms with Crippen LogP contribution in [0.5, 0.6) is 0 Å². The number of hydrogen-bond acceptors (Lipinski definition) is 10. The van der Waals surface area contributed by atoms with Crippen LogP contribution in [0.15, 0.2) is 0 Å². The molecular weight excluding hydrogens is 604 g/mol. The number of carbonyl (C=O) groups excluding carboxylic acids is 1. The summed E-state index contributed by atoms with van der Waals surface area (Å²) in [6, 6.07) is 0. The Morgan fingerprint density at radius 1 is 0.936 bits per heavy atom. The van der Waals surface area contributed by atoms with E-state index in [1.54, 1.807) is 13.8 Å².